The van der Waals surface area contributed by atoms with E-state index in [4.69, 9.17) is 21.3 Å². The van der Waals surface area contributed by atoms with Crippen molar-refractivity contribution < 1.29 is 17.5 Å². The van der Waals surface area contributed by atoms with E-state index >= 15 is 0 Å². The monoisotopic (exact) mass is 626 g/mol. The summed E-state index contributed by atoms with van der Waals surface area (Å²) in [6, 6.07) is 13.4. The number of sulfone groups is 1. The van der Waals surface area contributed by atoms with E-state index in [0.29, 0.717) is 58.6 Å². The van der Waals surface area contributed by atoms with Gasteiger partial charge in [0.05, 0.1) is 38.9 Å². The first kappa shape index (κ1) is 29.8. The van der Waals surface area contributed by atoms with Gasteiger partial charge in [0.25, 0.3) is 0 Å². The smallest absolute Gasteiger partial charge is 0.151 e. The number of ether oxygens (including phenoxy) is 1. The lowest BCUT2D eigenvalue weighted by Crippen LogP contribution is -2.25. The van der Waals surface area contributed by atoms with E-state index in [-0.39, 0.29) is 23.9 Å². The van der Waals surface area contributed by atoms with E-state index in [9.17, 15) is 12.8 Å². The summed E-state index contributed by atoms with van der Waals surface area (Å²) in [5, 5.41) is 10.5. The molecule has 0 aliphatic rings. The van der Waals surface area contributed by atoms with E-state index in [2.05, 4.69) is 25.6 Å². The van der Waals surface area contributed by atoms with Crippen LogP contribution in [0, 0.1) is 5.82 Å². The summed E-state index contributed by atoms with van der Waals surface area (Å²) < 4.78 is 42.5. The summed E-state index contributed by atoms with van der Waals surface area (Å²) in [6.07, 6.45) is 3.83. The molecule has 0 saturated carbocycles. The highest BCUT2D eigenvalue weighted by Gasteiger charge is 2.12. The minimum Gasteiger partial charge on any atom is -0.487 e. The van der Waals surface area contributed by atoms with Gasteiger partial charge in [-0.15, -0.1) is 11.3 Å². The Bertz CT molecular complexity index is 1800. The Morgan fingerprint density at radius 2 is 1.93 bits per heavy atom. The molecular formula is C29H28ClFN6O3S2. The van der Waals surface area contributed by atoms with E-state index < -0.39 is 9.84 Å². The standard InChI is InChI=1S/C29H28ClFN6O3S2/c1-2-42(38,39)11-10-32-9-8-28-37-26(17-41-28)24-14-22-25(15-33-24)34-18-35-29(22)36-21-6-7-27(23(30)13-21)40-16-19-4-3-5-20(31)12-19/h3-7,12-15,17-18,32H,2,8-11,16H2,1H3,(H,34,35,36). The van der Waals surface area contributed by atoms with Crippen LogP contribution in [-0.2, 0) is 22.9 Å². The van der Waals surface area contributed by atoms with Gasteiger partial charge in [0.2, 0.25) is 0 Å². The van der Waals surface area contributed by atoms with Crippen LogP contribution in [-0.4, -0.2) is 52.9 Å². The summed E-state index contributed by atoms with van der Waals surface area (Å²) in [6.45, 7) is 2.90. The molecule has 0 unspecified atom stereocenters. The highest BCUT2D eigenvalue weighted by molar-refractivity contribution is 7.91. The fourth-order valence-corrected chi connectivity index (χ4v) is 5.83. The lowest BCUT2D eigenvalue weighted by molar-refractivity contribution is 0.306. The first-order valence-corrected chi connectivity index (χ1v) is 16.3. The molecule has 13 heteroatoms. The minimum atomic E-state index is -2.98. The molecule has 3 heterocycles. The maximum Gasteiger partial charge on any atom is 0.151 e. The Labute approximate surface area is 252 Å². The van der Waals surface area contributed by atoms with Crippen molar-refractivity contribution in [3.8, 4) is 17.1 Å². The Hall–Kier alpha value is -3.71. The SMILES string of the molecule is CCS(=O)(=O)CCNCCc1nc(-c2cc3c(Nc4ccc(OCc5cccc(F)c5)c(Cl)c4)ncnc3cn2)cs1. The number of anilines is 2. The average Bonchev–Trinajstić information content (AvgIpc) is 3.45. The number of fused-ring (bicyclic) bond motifs is 1. The molecule has 218 valence electrons. The molecule has 3 aromatic heterocycles. The molecule has 0 amide bonds. The second-order valence-electron chi connectivity index (χ2n) is 9.36. The van der Waals surface area contributed by atoms with Gasteiger partial charge in [0, 0.05) is 41.7 Å². The number of hydrogen-bond acceptors (Lipinski definition) is 10. The van der Waals surface area contributed by atoms with Crippen LogP contribution in [0.3, 0.4) is 0 Å². The third-order valence-corrected chi connectivity index (χ3v) is 9.27. The molecule has 2 N–H and O–H groups in total. The second kappa shape index (κ2) is 13.5. The Morgan fingerprint density at radius 1 is 1.05 bits per heavy atom. The number of pyridine rings is 1. The fourth-order valence-electron chi connectivity index (χ4n) is 4.05. The first-order valence-electron chi connectivity index (χ1n) is 13.2. The molecule has 0 spiro atoms. The molecule has 0 aliphatic carbocycles. The van der Waals surface area contributed by atoms with Crippen LogP contribution in [0.2, 0.25) is 5.02 Å². The number of aromatic nitrogens is 4. The molecule has 0 aliphatic heterocycles. The zero-order valence-corrected chi connectivity index (χ0v) is 25.1. The molecule has 5 aromatic rings. The molecule has 0 saturated heterocycles. The zero-order chi connectivity index (χ0) is 29.5. The van der Waals surface area contributed by atoms with Gasteiger partial charge >= 0.3 is 0 Å². The van der Waals surface area contributed by atoms with E-state index in [1.165, 1.54) is 29.8 Å². The van der Waals surface area contributed by atoms with Gasteiger partial charge in [0.15, 0.2) is 9.84 Å². The van der Waals surface area contributed by atoms with Crippen LogP contribution in [0.4, 0.5) is 15.9 Å². The van der Waals surface area contributed by atoms with Crippen molar-refractivity contribution in [2.24, 2.45) is 0 Å². The predicted octanol–water partition coefficient (Wildman–Crippen LogP) is 5.83. The van der Waals surface area contributed by atoms with Crippen LogP contribution in [0.25, 0.3) is 22.3 Å². The van der Waals surface area contributed by atoms with E-state index in [0.717, 1.165) is 16.1 Å². The Morgan fingerprint density at radius 3 is 2.74 bits per heavy atom. The molecule has 9 nitrogen and oxygen atoms in total. The topological polar surface area (TPSA) is 119 Å². The zero-order valence-electron chi connectivity index (χ0n) is 22.7. The molecule has 0 radical (unpaired) electrons. The molecule has 0 fully saturated rings. The number of benzene rings is 2. The Balaban J connectivity index is 1.25. The number of rotatable bonds is 13. The normalized spacial score (nSPS) is 11.6. The van der Waals surface area contributed by atoms with Crippen LogP contribution in [0.5, 0.6) is 5.75 Å². The second-order valence-corrected chi connectivity index (χ2v) is 13.2. The average molecular weight is 627 g/mol. The predicted molar refractivity (Wildman–Crippen MR) is 165 cm³/mol. The number of nitrogens with one attached hydrogen (secondary N) is 2. The van der Waals surface area contributed by atoms with Gasteiger partial charge in [-0.25, -0.2) is 27.8 Å². The van der Waals surface area contributed by atoms with Crippen LogP contribution >= 0.6 is 22.9 Å². The summed E-state index contributed by atoms with van der Waals surface area (Å²) >= 11 is 8.01. The first-order chi connectivity index (χ1) is 20.3. The third-order valence-electron chi connectivity index (χ3n) is 6.36. The molecule has 0 atom stereocenters. The van der Waals surface area contributed by atoms with Crippen molar-refractivity contribution in [2.45, 2.75) is 20.0 Å². The van der Waals surface area contributed by atoms with Crippen molar-refractivity contribution in [1.82, 2.24) is 25.3 Å². The van der Waals surface area contributed by atoms with Gasteiger partial charge in [-0.2, -0.15) is 0 Å². The van der Waals surface area contributed by atoms with Crippen molar-refractivity contribution in [1.29, 1.82) is 0 Å². The van der Waals surface area contributed by atoms with Crippen LogP contribution in [0.1, 0.15) is 17.5 Å². The lowest BCUT2D eigenvalue weighted by Gasteiger charge is -2.12. The van der Waals surface area contributed by atoms with Crippen LogP contribution in [0.15, 0.2) is 66.4 Å². The Kier molecular flexibility index (Phi) is 9.58. The number of thiazole rings is 1. The van der Waals surface area contributed by atoms with Crippen molar-refractivity contribution in [2.75, 3.05) is 29.9 Å². The van der Waals surface area contributed by atoms with Crippen LogP contribution < -0.4 is 15.4 Å². The molecule has 2 aromatic carbocycles. The number of hydrogen-bond donors (Lipinski definition) is 2. The summed E-state index contributed by atoms with van der Waals surface area (Å²) in [5.74, 6) is 1.02. The summed E-state index contributed by atoms with van der Waals surface area (Å²) in [4.78, 5) is 18.0. The van der Waals surface area contributed by atoms with Gasteiger partial charge < -0.3 is 15.4 Å². The quantitative estimate of drug-likeness (QED) is 0.156. The summed E-state index contributed by atoms with van der Waals surface area (Å²) in [5.41, 5.74) is 3.49. The maximum atomic E-state index is 13.4. The van der Waals surface area contributed by atoms with Crippen molar-refractivity contribution >= 4 is 55.2 Å². The molecule has 0 bridgehead atoms. The van der Waals surface area contributed by atoms with Crippen molar-refractivity contribution in [3.05, 3.63) is 87.8 Å². The van der Waals surface area contributed by atoms with Crippen molar-refractivity contribution in [3.63, 3.8) is 0 Å². The molecule has 5 rings (SSSR count). The van der Waals surface area contributed by atoms with Gasteiger partial charge in [-0.05, 0) is 42.0 Å². The molecular weight excluding hydrogens is 599 g/mol. The minimum absolute atomic E-state index is 0.132. The largest absolute Gasteiger partial charge is 0.487 e. The number of nitrogens with zero attached hydrogens (tertiary/aromatic N) is 4. The highest BCUT2D eigenvalue weighted by Crippen LogP contribution is 2.32. The van der Waals surface area contributed by atoms with Gasteiger partial charge in [-0.1, -0.05) is 30.7 Å². The highest BCUT2D eigenvalue weighted by atomic mass is 35.5. The van der Waals surface area contributed by atoms with E-state index in [1.54, 1.807) is 37.4 Å². The van der Waals surface area contributed by atoms with Gasteiger partial charge in [-0.3, -0.25) is 4.98 Å². The fraction of sp³-hybridized carbons (Fsp3) is 0.241. The van der Waals surface area contributed by atoms with Gasteiger partial charge in [0.1, 0.15) is 30.3 Å². The molecule has 42 heavy (non-hydrogen) atoms. The third kappa shape index (κ3) is 7.77. The number of halogens is 2. The summed E-state index contributed by atoms with van der Waals surface area (Å²) in [7, 11) is -2.98. The lowest BCUT2D eigenvalue weighted by atomic mass is 10.2. The maximum absolute atomic E-state index is 13.4. The van der Waals surface area contributed by atoms with E-state index in [1.807, 2.05) is 17.5 Å².